The van der Waals surface area contributed by atoms with E-state index in [1.165, 1.54) is 6.26 Å². The van der Waals surface area contributed by atoms with E-state index in [1.54, 1.807) is 6.20 Å². The first kappa shape index (κ1) is 14.6. The summed E-state index contributed by atoms with van der Waals surface area (Å²) < 4.78 is 22.9. The fourth-order valence-electron chi connectivity index (χ4n) is 1.46. The number of hydrazine groups is 1. The van der Waals surface area contributed by atoms with Gasteiger partial charge in [0.1, 0.15) is 9.84 Å². The van der Waals surface area contributed by atoms with Crippen molar-refractivity contribution in [2.45, 2.75) is 18.9 Å². The highest BCUT2D eigenvalue weighted by molar-refractivity contribution is 9.10. The SMILES string of the molecule is CS(=O)(=O)CCCC(NN)c1ccc(Br)cn1. The van der Waals surface area contributed by atoms with Gasteiger partial charge in [-0.3, -0.25) is 16.3 Å². The molecule has 0 spiro atoms. The monoisotopic (exact) mass is 321 g/mol. The molecule has 0 fully saturated rings. The Morgan fingerprint density at radius 1 is 1.53 bits per heavy atom. The second-order valence-corrected chi connectivity index (χ2v) is 7.07. The summed E-state index contributed by atoms with van der Waals surface area (Å²) in [6.07, 6.45) is 4.12. The number of sulfone groups is 1. The summed E-state index contributed by atoms with van der Waals surface area (Å²) in [6, 6.07) is 3.61. The van der Waals surface area contributed by atoms with Crippen molar-refractivity contribution in [1.29, 1.82) is 0 Å². The molecule has 0 saturated carbocycles. The zero-order valence-corrected chi connectivity index (χ0v) is 12.0. The summed E-state index contributed by atoms with van der Waals surface area (Å²) in [5.74, 6) is 5.61. The van der Waals surface area contributed by atoms with Crippen molar-refractivity contribution >= 4 is 25.8 Å². The second kappa shape index (κ2) is 6.44. The smallest absolute Gasteiger partial charge is 0.147 e. The summed E-state index contributed by atoms with van der Waals surface area (Å²) in [7, 11) is -2.91. The number of aromatic nitrogens is 1. The molecule has 0 radical (unpaired) electrons. The average molecular weight is 322 g/mol. The van der Waals surface area contributed by atoms with Gasteiger partial charge in [0.25, 0.3) is 0 Å². The van der Waals surface area contributed by atoms with Crippen LogP contribution in [0.1, 0.15) is 24.6 Å². The van der Waals surface area contributed by atoms with E-state index in [9.17, 15) is 8.42 Å². The van der Waals surface area contributed by atoms with Crippen molar-refractivity contribution in [2.24, 2.45) is 5.84 Å². The molecule has 1 rings (SSSR count). The maximum absolute atomic E-state index is 11.0. The first-order valence-electron chi connectivity index (χ1n) is 5.17. The lowest BCUT2D eigenvalue weighted by molar-refractivity contribution is 0.496. The van der Waals surface area contributed by atoms with Crippen LogP contribution in [0.2, 0.25) is 0 Å². The Bertz CT molecular complexity index is 447. The van der Waals surface area contributed by atoms with Crippen LogP contribution >= 0.6 is 15.9 Å². The molecule has 3 N–H and O–H groups in total. The van der Waals surface area contributed by atoms with Crippen LogP contribution in [0.15, 0.2) is 22.8 Å². The molecule has 0 amide bonds. The fraction of sp³-hybridized carbons (Fsp3) is 0.500. The molecular weight excluding hydrogens is 306 g/mol. The number of nitrogens with one attached hydrogen (secondary N) is 1. The van der Waals surface area contributed by atoms with Crippen LogP contribution in [-0.2, 0) is 9.84 Å². The van der Waals surface area contributed by atoms with Crippen LogP contribution in [0.4, 0.5) is 0 Å². The van der Waals surface area contributed by atoms with Gasteiger partial charge >= 0.3 is 0 Å². The van der Waals surface area contributed by atoms with Gasteiger partial charge < -0.3 is 0 Å². The molecule has 1 aromatic rings. The van der Waals surface area contributed by atoms with Crippen molar-refractivity contribution in [3.63, 3.8) is 0 Å². The average Bonchev–Trinajstić information content (AvgIpc) is 2.24. The van der Waals surface area contributed by atoms with E-state index in [0.29, 0.717) is 12.8 Å². The van der Waals surface area contributed by atoms with Crippen LogP contribution in [0.5, 0.6) is 0 Å². The summed E-state index contributed by atoms with van der Waals surface area (Å²) in [6.45, 7) is 0. The van der Waals surface area contributed by atoms with E-state index >= 15 is 0 Å². The minimum absolute atomic E-state index is 0.121. The molecule has 0 aliphatic rings. The zero-order chi connectivity index (χ0) is 12.9. The molecule has 1 aromatic heterocycles. The third-order valence-electron chi connectivity index (χ3n) is 2.32. The van der Waals surface area contributed by atoms with Gasteiger partial charge in [-0.25, -0.2) is 8.42 Å². The van der Waals surface area contributed by atoms with Gasteiger partial charge in [0, 0.05) is 22.7 Å². The number of nitrogens with zero attached hydrogens (tertiary/aromatic N) is 1. The Morgan fingerprint density at radius 2 is 2.24 bits per heavy atom. The van der Waals surface area contributed by atoms with Gasteiger partial charge in [0.15, 0.2) is 0 Å². The summed E-state index contributed by atoms with van der Waals surface area (Å²) in [5, 5.41) is 0. The quantitative estimate of drug-likeness (QED) is 0.607. The standard InChI is InChI=1S/C10H16BrN3O2S/c1-17(15,16)6-2-3-10(14-12)9-5-4-8(11)7-13-9/h4-5,7,10,14H,2-3,6,12H2,1H3. The van der Waals surface area contributed by atoms with Gasteiger partial charge in [0.05, 0.1) is 11.7 Å². The molecular formula is C10H16BrN3O2S. The molecule has 0 aromatic carbocycles. The Balaban J connectivity index is 2.57. The van der Waals surface area contributed by atoms with Gasteiger partial charge in [-0.1, -0.05) is 0 Å². The van der Waals surface area contributed by atoms with Crippen molar-refractivity contribution in [3.8, 4) is 0 Å². The fourth-order valence-corrected chi connectivity index (χ4v) is 2.39. The van der Waals surface area contributed by atoms with Gasteiger partial charge in [-0.15, -0.1) is 0 Å². The normalized spacial score (nSPS) is 13.6. The summed E-state index contributed by atoms with van der Waals surface area (Å²) in [4.78, 5) is 4.23. The molecule has 96 valence electrons. The highest BCUT2D eigenvalue weighted by atomic mass is 79.9. The van der Waals surface area contributed by atoms with E-state index < -0.39 is 9.84 Å². The minimum Gasteiger partial charge on any atom is -0.271 e. The van der Waals surface area contributed by atoms with Gasteiger partial charge in [0.2, 0.25) is 0 Å². The molecule has 17 heavy (non-hydrogen) atoms. The topological polar surface area (TPSA) is 85.1 Å². The van der Waals surface area contributed by atoms with Crippen molar-refractivity contribution in [3.05, 3.63) is 28.5 Å². The predicted molar refractivity (Wildman–Crippen MR) is 70.9 cm³/mol. The second-order valence-electron chi connectivity index (χ2n) is 3.89. The van der Waals surface area contributed by atoms with E-state index in [1.807, 2.05) is 12.1 Å². The van der Waals surface area contributed by atoms with Gasteiger partial charge in [-0.2, -0.15) is 0 Å². The van der Waals surface area contributed by atoms with Crippen LogP contribution < -0.4 is 11.3 Å². The van der Waals surface area contributed by atoms with E-state index in [2.05, 4.69) is 26.3 Å². The van der Waals surface area contributed by atoms with E-state index in [0.717, 1.165) is 10.2 Å². The highest BCUT2D eigenvalue weighted by Gasteiger charge is 2.12. The molecule has 0 aliphatic heterocycles. The lowest BCUT2D eigenvalue weighted by Crippen LogP contribution is -2.29. The van der Waals surface area contributed by atoms with Crippen molar-refractivity contribution in [1.82, 2.24) is 10.4 Å². The Morgan fingerprint density at radius 3 is 2.71 bits per heavy atom. The molecule has 0 aliphatic carbocycles. The van der Waals surface area contributed by atoms with Crippen LogP contribution in [-0.4, -0.2) is 25.4 Å². The predicted octanol–water partition coefficient (Wildman–Crippen LogP) is 1.17. The van der Waals surface area contributed by atoms with E-state index in [-0.39, 0.29) is 11.8 Å². The Kier molecular flexibility index (Phi) is 5.51. The van der Waals surface area contributed by atoms with Crippen LogP contribution in [0.25, 0.3) is 0 Å². The number of pyridine rings is 1. The number of hydrogen-bond acceptors (Lipinski definition) is 5. The molecule has 5 nitrogen and oxygen atoms in total. The summed E-state index contributed by atoms with van der Waals surface area (Å²) >= 11 is 3.30. The lowest BCUT2D eigenvalue weighted by Gasteiger charge is -2.14. The lowest BCUT2D eigenvalue weighted by atomic mass is 10.1. The Labute approximate surface area is 110 Å². The molecule has 1 atom stereocenters. The van der Waals surface area contributed by atoms with E-state index in [4.69, 9.17) is 5.84 Å². The maximum Gasteiger partial charge on any atom is 0.147 e. The first-order chi connectivity index (χ1) is 7.92. The number of hydrogen-bond donors (Lipinski definition) is 2. The third kappa shape index (κ3) is 5.58. The van der Waals surface area contributed by atoms with Crippen molar-refractivity contribution < 1.29 is 8.42 Å². The van der Waals surface area contributed by atoms with Crippen LogP contribution in [0.3, 0.4) is 0 Å². The Hall–Kier alpha value is -0.500. The van der Waals surface area contributed by atoms with Gasteiger partial charge in [-0.05, 0) is 40.9 Å². The first-order valence-corrected chi connectivity index (χ1v) is 8.03. The third-order valence-corrected chi connectivity index (χ3v) is 3.82. The number of halogens is 1. The molecule has 7 heteroatoms. The molecule has 1 heterocycles. The number of rotatable bonds is 6. The maximum atomic E-state index is 11.0. The minimum atomic E-state index is -2.91. The van der Waals surface area contributed by atoms with Crippen LogP contribution in [0, 0.1) is 0 Å². The zero-order valence-electron chi connectivity index (χ0n) is 9.56. The molecule has 0 bridgehead atoms. The summed E-state index contributed by atoms with van der Waals surface area (Å²) in [5.41, 5.74) is 3.46. The number of nitrogens with two attached hydrogens (primary N) is 1. The molecule has 0 saturated heterocycles. The van der Waals surface area contributed by atoms with Crippen molar-refractivity contribution in [2.75, 3.05) is 12.0 Å². The molecule has 1 unspecified atom stereocenters. The highest BCUT2D eigenvalue weighted by Crippen LogP contribution is 2.17. The largest absolute Gasteiger partial charge is 0.271 e.